The molecule has 3 heterocycles. The fraction of sp³-hybridized carbons (Fsp3) is 0.382. The number of allylic oxidation sites excluding steroid dienone is 1. The number of aliphatic hydroxyl groups is 1. The van der Waals surface area contributed by atoms with Crippen molar-refractivity contribution >= 4 is 29.1 Å². The van der Waals surface area contributed by atoms with Gasteiger partial charge in [-0.2, -0.15) is 13.2 Å². The van der Waals surface area contributed by atoms with E-state index in [9.17, 15) is 41.4 Å². The van der Waals surface area contributed by atoms with Crippen molar-refractivity contribution in [3.05, 3.63) is 93.1 Å². The third-order valence-electron chi connectivity index (χ3n) is 9.03. The van der Waals surface area contributed by atoms with E-state index < -0.39 is 63.2 Å². The van der Waals surface area contributed by atoms with Crippen molar-refractivity contribution in [2.75, 3.05) is 20.2 Å². The number of carbonyl (C=O) groups is 3. The highest BCUT2D eigenvalue weighted by Crippen LogP contribution is 2.41. The number of hydrogen-bond acceptors (Lipinski definition) is 8. The molecule has 0 aliphatic carbocycles. The van der Waals surface area contributed by atoms with E-state index in [0.29, 0.717) is 24.9 Å². The number of esters is 1. The number of aromatic nitrogens is 2. The number of halogens is 6. The van der Waals surface area contributed by atoms with Crippen LogP contribution in [0.25, 0.3) is 11.3 Å². The van der Waals surface area contributed by atoms with Gasteiger partial charge in [0.1, 0.15) is 11.3 Å². The quantitative estimate of drug-likeness (QED) is 0.112. The zero-order valence-electron chi connectivity index (χ0n) is 26.0. The van der Waals surface area contributed by atoms with Crippen LogP contribution >= 0.6 is 11.6 Å². The van der Waals surface area contributed by atoms with Gasteiger partial charge in [-0.3, -0.25) is 14.5 Å². The van der Waals surface area contributed by atoms with Crippen molar-refractivity contribution in [1.29, 1.82) is 0 Å². The number of fused-ring (bicyclic) bond motifs is 1. The average molecular weight is 692 g/mol. The molecular weight excluding hydrogens is 661 g/mol. The van der Waals surface area contributed by atoms with E-state index in [-0.39, 0.29) is 60.5 Å². The average Bonchev–Trinajstić information content (AvgIpc) is 3.39. The van der Waals surface area contributed by atoms with Gasteiger partial charge in [-0.15, -0.1) is 0 Å². The van der Waals surface area contributed by atoms with Gasteiger partial charge in [-0.05, 0) is 92.6 Å². The van der Waals surface area contributed by atoms with Gasteiger partial charge < -0.3 is 9.84 Å². The number of aliphatic hydroxyl groups excluding tert-OH is 1. The van der Waals surface area contributed by atoms with E-state index in [1.54, 1.807) is 6.92 Å². The molecule has 48 heavy (non-hydrogen) atoms. The van der Waals surface area contributed by atoms with Gasteiger partial charge in [0.05, 0.1) is 23.9 Å². The summed E-state index contributed by atoms with van der Waals surface area (Å²) >= 11 is 5.98. The minimum Gasteiger partial charge on any atom is -0.509 e. The van der Waals surface area contributed by atoms with Gasteiger partial charge in [0.15, 0.2) is 28.9 Å². The summed E-state index contributed by atoms with van der Waals surface area (Å²) in [7, 11) is 1.10. The minimum absolute atomic E-state index is 0.00868. The fourth-order valence-electron chi connectivity index (χ4n) is 6.46. The highest BCUT2D eigenvalue weighted by atomic mass is 35.5. The minimum atomic E-state index is -4.70. The summed E-state index contributed by atoms with van der Waals surface area (Å²) < 4.78 is 74.3. The lowest BCUT2D eigenvalue weighted by Gasteiger charge is -2.34. The summed E-state index contributed by atoms with van der Waals surface area (Å²) in [5.74, 6) is -5.72. The van der Waals surface area contributed by atoms with Crippen LogP contribution in [0.15, 0.2) is 53.8 Å². The maximum atomic E-state index is 14.6. The third kappa shape index (κ3) is 6.98. The van der Waals surface area contributed by atoms with E-state index in [1.807, 2.05) is 4.90 Å². The number of benzene rings is 2. The molecule has 5 rings (SSSR count). The Morgan fingerprint density at radius 2 is 1.88 bits per heavy atom. The number of nitrogens with zero attached hydrogens (tertiary/aromatic N) is 3. The van der Waals surface area contributed by atoms with Gasteiger partial charge in [0.2, 0.25) is 5.28 Å². The molecule has 2 aliphatic rings. The van der Waals surface area contributed by atoms with Crippen LogP contribution in [0, 0.1) is 17.6 Å². The molecule has 8 nitrogen and oxygen atoms in total. The number of carbonyl (C=O) groups excluding carboxylic acids is 3. The molecule has 3 aromatic rings. The first-order chi connectivity index (χ1) is 22.6. The SMILES string of the molecule is COC(=O)c1cc(-c2cc(C(F)(F)F)ccc2CCCC(=O)C2=C(O)C3(C)CCCN3CC(Cc3cccc(F)c3F)C2=O)nc(Cl)n1. The first kappa shape index (κ1) is 35.1. The van der Waals surface area contributed by atoms with Gasteiger partial charge in [-0.1, -0.05) is 18.2 Å². The predicted octanol–water partition coefficient (Wildman–Crippen LogP) is 6.88. The topological polar surface area (TPSA) is 110 Å². The van der Waals surface area contributed by atoms with Crippen molar-refractivity contribution in [2.45, 2.75) is 57.2 Å². The largest absolute Gasteiger partial charge is 0.509 e. The molecule has 1 fully saturated rings. The molecule has 2 atom stereocenters. The summed E-state index contributed by atoms with van der Waals surface area (Å²) in [5, 5.41) is 11.0. The smallest absolute Gasteiger partial charge is 0.416 e. The molecule has 1 saturated heterocycles. The predicted molar refractivity (Wildman–Crippen MR) is 164 cm³/mol. The number of ether oxygens (including phenoxy) is 1. The summed E-state index contributed by atoms with van der Waals surface area (Å²) in [6, 6.07) is 7.76. The van der Waals surface area contributed by atoms with Crippen molar-refractivity contribution in [1.82, 2.24) is 14.9 Å². The van der Waals surface area contributed by atoms with E-state index in [1.165, 1.54) is 18.2 Å². The maximum Gasteiger partial charge on any atom is 0.416 e. The number of ketones is 2. The van der Waals surface area contributed by atoms with Crippen LogP contribution in [0.1, 0.15) is 59.8 Å². The van der Waals surface area contributed by atoms with Gasteiger partial charge in [-0.25, -0.2) is 23.5 Å². The molecule has 2 aliphatic heterocycles. The highest BCUT2D eigenvalue weighted by Gasteiger charge is 2.48. The molecule has 1 aromatic heterocycles. The Morgan fingerprint density at radius 1 is 1.12 bits per heavy atom. The van der Waals surface area contributed by atoms with Gasteiger partial charge in [0, 0.05) is 24.4 Å². The molecule has 0 spiro atoms. The number of methoxy groups -OCH3 is 1. The van der Waals surface area contributed by atoms with Crippen molar-refractivity contribution in [3.8, 4) is 11.3 Å². The second kappa shape index (κ2) is 13.7. The van der Waals surface area contributed by atoms with E-state index in [0.717, 1.165) is 31.4 Å². The lowest BCUT2D eigenvalue weighted by Crippen LogP contribution is -2.44. The second-order valence-electron chi connectivity index (χ2n) is 12.1. The molecule has 1 N–H and O–H groups in total. The number of rotatable bonds is 9. The Balaban J connectivity index is 1.43. The number of alkyl halides is 3. The highest BCUT2D eigenvalue weighted by molar-refractivity contribution is 6.28. The van der Waals surface area contributed by atoms with Crippen molar-refractivity contribution in [3.63, 3.8) is 0 Å². The molecular formula is C34H31ClF5N3O5. The molecule has 2 unspecified atom stereocenters. The molecule has 2 aromatic carbocycles. The normalized spacial score (nSPS) is 20.1. The Kier molecular flexibility index (Phi) is 10.0. The molecule has 0 bridgehead atoms. The lowest BCUT2D eigenvalue weighted by molar-refractivity contribution is -0.137. The van der Waals surface area contributed by atoms with Crippen LogP contribution in [0.5, 0.6) is 0 Å². The Labute approximate surface area is 277 Å². The molecule has 0 amide bonds. The van der Waals surface area contributed by atoms with E-state index in [4.69, 9.17) is 11.6 Å². The molecule has 254 valence electrons. The Hall–Kier alpha value is -4.23. The van der Waals surface area contributed by atoms with Gasteiger partial charge in [0.25, 0.3) is 0 Å². The number of Topliss-reactive ketones (excluding diaryl/α,β-unsaturated/α-hetero) is 2. The third-order valence-corrected chi connectivity index (χ3v) is 9.20. The van der Waals surface area contributed by atoms with Crippen LogP contribution in [0.3, 0.4) is 0 Å². The number of hydrogen-bond donors (Lipinski definition) is 1. The fourth-order valence-corrected chi connectivity index (χ4v) is 6.64. The molecule has 0 saturated carbocycles. The van der Waals surface area contributed by atoms with Crippen LogP contribution in [0.4, 0.5) is 22.0 Å². The van der Waals surface area contributed by atoms with Crippen LogP contribution in [-0.2, 0) is 33.3 Å². The monoisotopic (exact) mass is 691 g/mol. The zero-order chi connectivity index (χ0) is 35.0. The summed E-state index contributed by atoms with van der Waals surface area (Å²) in [6.45, 7) is 2.37. The summed E-state index contributed by atoms with van der Waals surface area (Å²) in [6.07, 6.45) is -3.92. The van der Waals surface area contributed by atoms with E-state index >= 15 is 0 Å². The summed E-state index contributed by atoms with van der Waals surface area (Å²) in [5.41, 5.74) is -2.46. The van der Waals surface area contributed by atoms with E-state index in [2.05, 4.69) is 14.7 Å². The second-order valence-corrected chi connectivity index (χ2v) is 12.4. The first-order valence-corrected chi connectivity index (χ1v) is 15.5. The van der Waals surface area contributed by atoms with Crippen LogP contribution in [-0.4, -0.2) is 63.2 Å². The molecule has 0 radical (unpaired) electrons. The zero-order valence-corrected chi connectivity index (χ0v) is 26.7. The van der Waals surface area contributed by atoms with Gasteiger partial charge >= 0.3 is 12.1 Å². The van der Waals surface area contributed by atoms with Crippen LogP contribution < -0.4 is 0 Å². The summed E-state index contributed by atoms with van der Waals surface area (Å²) in [4.78, 5) is 49.4. The Bertz CT molecular complexity index is 1810. The maximum absolute atomic E-state index is 14.6. The Morgan fingerprint density at radius 3 is 2.58 bits per heavy atom. The van der Waals surface area contributed by atoms with Crippen LogP contribution in [0.2, 0.25) is 5.28 Å². The lowest BCUT2D eigenvalue weighted by atomic mass is 9.86. The van der Waals surface area contributed by atoms with Crippen molar-refractivity contribution < 1.29 is 46.2 Å². The number of aryl methyl sites for hydroxylation is 1. The standard InChI is InChI=1S/C34H31ClF5N3O5/c1-33-12-5-13-43(33)17-20(14-19-7-3-8-23(36)28(19)37)29(45)27(30(33)46)26(44)9-4-6-18-10-11-21(34(38,39)40)15-22(18)24-16-25(31(47)48-2)42-32(35)41-24/h3,7-8,10-11,15-16,20,46H,4-6,9,12-14,17H2,1-2H3. The first-order valence-electron chi connectivity index (χ1n) is 15.2. The van der Waals surface area contributed by atoms with Crippen molar-refractivity contribution in [2.24, 2.45) is 5.92 Å². The molecule has 14 heteroatoms.